The number of hydrogen-bond donors (Lipinski definition) is 1. The first-order valence-electron chi connectivity index (χ1n) is 5.35. The van der Waals surface area contributed by atoms with Gasteiger partial charge < -0.3 is 10.2 Å². The molecular weight excluding hydrogens is 176 g/mol. The number of nitrogens with zero attached hydrogens (tertiary/aromatic N) is 1. The van der Waals surface area contributed by atoms with Gasteiger partial charge in [0.15, 0.2) is 0 Å². The molecule has 0 saturated carbocycles. The Labute approximate surface area is 86.2 Å². The molecule has 1 aliphatic heterocycles. The summed E-state index contributed by atoms with van der Waals surface area (Å²) in [7, 11) is 0. The molecule has 1 heterocycles. The second-order valence-electron chi connectivity index (χ2n) is 4.02. The molecule has 0 bridgehead atoms. The number of carbonyl (C=O) groups excluding carboxylic acids is 1. The third-order valence-electron chi connectivity index (χ3n) is 2.37. The molecule has 0 aromatic rings. The molecule has 1 rings (SSSR count). The molecule has 14 heavy (non-hydrogen) atoms. The Kier molecular flexibility index (Phi) is 4.14. The van der Waals surface area contributed by atoms with Gasteiger partial charge in [-0.15, -0.1) is 0 Å². The Hall–Kier alpha value is -0.830. The second kappa shape index (κ2) is 5.15. The van der Waals surface area contributed by atoms with Gasteiger partial charge in [0.1, 0.15) is 0 Å². The van der Waals surface area contributed by atoms with Crippen LogP contribution in [0.1, 0.15) is 27.2 Å². The van der Waals surface area contributed by atoms with Crippen LogP contribution in [0.25, 0.3) is 0 Å². The fraction of sp³-hybridized carbons (Fsp3) is 0.727. The minimum Gasteiger partial charge on any atom is -0.336 e. The van der Waals surface area contributed by atoms with Gasteiger partial charge in [0.2, 0.25) is 5.91 Å². The van der Waals surface area contributed by atoms with Crippen molar-refractivity contribution in [2.75, 3.05) is 13.1 Å². The van der Waals surface area contributed by atoms with Crippen molar-refractivity contribution in [1.29, 1.82) is 0 Å². The van der Waals surface area contributed by atoms with Crippen molar-refractivity contribution in [2.24, 2.45) is 0 Å². The summed E-state index contributed by atoms with van der Waals surface area (Å²) in [5.74, 6) is 0.145. The molecule has 2 unspecified atom stereocenters. The van der Waals surface area contributed by atoms with Crippen LogP contribution in [-0.4, -0.2) is 36.0 Å². The molecule has 1 fully saturated rings. The van der Waals surface area contributed by atoms with E-state index in [0.717, 1.165) is 19.5 Å². The fourth-order valence-corrected chi connectivity index (χ4v) is 1.83. The first-order valence-corrected chi connectivity index (χ1v) is 5.35. The van der Waals surface area contributed by atoms with E-state index in [-0.39, 0.29) is 5.91 Å². The van der Waals surface area contributed by atoms with Crippen molar-refractivity contribution in [3.05, 3.63) is 12.2 Å². The molecule has 0 radical (unpaired) electrons. The Balaban J connectivity index is 2.50. The van der Waals surface area contributed by atoms with Crippen LogP contribution < -0.4 is 5.32 Å². The molecule has 0 aromatic heterocycles. The second-order valence-corrected chi connectivity index (χ2v) is 4.02. The molecule has 0 spiro atoms. The van der Waals surface area contributed by atoms with Crippen molar-refractivity contribution >= 4 is 5.91 Å². The van der Waals surface area contributed by atoms with Gasteiger partial charge in [-0.25, -0.2) is 0 Å². The number of piperazine rings is 1. The summed E-state index contributed by atoms with van der Waals surface area (Å²) in [6.07, 6.45) is 4.52. The van der Waals surface area contributed by atoms with E-state index in [0.29, 0.717) is 12.1 Å². The van der Waals surface area contributed by atoms with Crippen molar-refractivity contribution in [3.8, 4) is 0 Å². The number of nitrogens with one attached hydrogen (secondary N) is 1. The average Bonchev–Trinajstić information content (AvgIpc) is 2.12. The van der Waals surface area contributed by atoms with Crippen LogP contribution in [0.4, 0.5) is 0 Å². The molecule has 0 aliphatic carbocycles. The summed E-state index contributed by atoms with van der Waals surface area (Å²) < 4.78 is 0. The monoisotopic (exact) mass is 196 g/mol. The predicted molar refractivity (Wildman–Crippen MR) is 58.1 cm³/mol. The maximum atomic E-state index is 11.7. The average molecular weight is 196 g/mol. The van der Waals surface area contributed by atoms with E-state index in [2.05, 4.69) is 19.2 Å². The number of rotatable bonds is 2. The Bertz CT molecular complexity index is 215. The van der Waals surface area contributed by atoms with Gasteiger partial charge in [-0.1, -0.05) is 13.0 Å². The van der Waals surface area contributed by atoms with Crippen LogP contribution in [0.15, 0.2) is 12.2 Å². The van der Waals surface area contributed by atoms with Crippen molar-refractivity contribution in [1.82, 2.24) is 10.2 Å². The van der Waals surface area contributed by atoms with Gasteiger partial charge in [-0.05, 0) is 26.3 Å². The zero-order valence-corrected chi connectivity index (χ0v) is 9.29. The standard InChI is InChI=1S/C11H20N2O/c1-4-5-6-11(14)13-7-9(2)12-10(3)8-13/h5-6,9-10,12H,4,7-8H2,1-3H3/b6-5+. The lowest BCUT2D eigenvalue weighted by atomic mass is 10.1. The maximum Gasteiger partial charge on any atom is 0.246 e. The van der Waals surface area contributed by atoms with Crippen LogP contribution in [0.5, 0.6) is 0 Å². The van der Waals surface area contributed by atoms with Gasteiger partial charge in [-0.2, -0.15) is 0 Å². The van der Waals surface area contributed by atoms with Crippen molar-refractivity contribution in [3.63, 3.8) is 0 Å². The van der Waals surface area contributed by atoms with Crippen molar-refractivity contribution < 1.29 is 4.79 Å². The lowest BCUT2D eigenvalue weighted by Crippen LogP contribution is -2.55. The summed E-state index contributed by atoms with van der Waals surface area (Å²) in [5, 5.41) is 3.40. The third kappa shape index (κ3) is 3.14. The minimum atomic E-state index is 0.145. The number of amides is 1. The lowest BCUT2D eigenvalue weighted by molar-refractivity contribution is -0.127. The molecule has 2 atom stereocenters. The number of hydrogen-bond acceptors (Lipinski definition) is 2. The molecule has 1 saturated heterocycles. The molecule has 1 N–H and O–H groups in total. The SMILES string of the molecule is CC/C=C/C(=O)N1CC(C)NC(C)C1. The van der Waals surface area contributed by atoms with Crippen LogP contribution in [0.3, 0.4) is 0 Å². The molecule has 1 amide bonds. The van der Waals surface area contributed by atoms with E-state index in [1.165, 1.54) is 0 Å². The molecule has 3 heteroatoms. The molecule has 80 valence electrons. The van der Waals surface area contributed by atoms with Crippen LogP contribution in [0, 0.1) is 0 Å². The highest BCUT2D eigenvalue weighted by atomic mass is 16.2. The number of allylic oxidation sites excluding steroid dienone is 1. The first kappa shape index (κ1) is 11.2. The molecular formula is C11H20N2O. The van der Waals surface area contributed by atoms with Gasteiger partial charge in [0.05, 0.1) is 0 Å². The summed E-state index contributed by atoms with van der Waals surface area (Å²) in [4.78, 5) is 13.6. The summed E-state index contributed by atoms with van der Waals surface area (Å²) in [6.45, 7) is 7.89. The molecule has 3 nitrogen and oxygen atoms in total. The van der Waals surface area contributed by atoms with E-state index in [4.69, 9.17) is 0 Å². The number of carbonyl (C=O) groups is 1. The van der Waals surface area contributed by atoms with Gasteiger partial charge in [-0.3, -0.25) is 4.79 Å². The minimum absolute atomic E-state index is 0.145. The highest BCUT2D eigenvalue weighted by Crippen LogP contribution is 2.04. The molecule has 1 aliphatic rings. The first-order chi connectivity index (χ1) is 6.63. The van der Waals surface area contributed by atoms with E-state index in [9.17, 15) is 4.79 Å². The van der Waals surface area contributed by atoms with Gasteiger partial charge in [0, 0.05) is 25.2 Å². The Morgan fingerprint density at radius 3 is 2.50 bits per heavy atom. The summed E-state index contributed by atoms with van der Waals surface area (Å²) in [5.41, 5.74) is 0. The fourth-order valence-electron chi connectivity index (χ4n) is 1.83. The quantitative estimate of drug-likeness (QED) is 0.672. The van der Waals surface area contributed by atoms with E-state index in [1.54, 1.807) is 6.08 Å². The van der Waals surface area contributed by atoms with E-state index < -0.39 is 0 Å². The molecule has 0 aromatic carbocycles. The third-order valence-corrected chi connectivity index (χ3v) is 2.37. The highest BCUT2D eigenvalue weighted by molar-refractivity contribution is 5.87. The van der Waals surface area contributed by atoms with Crippen LogP contribution in [-0.2, 0) is 4.79 Å². The zero-order valence-electron chi connectivity index (χ0n) is 9.29. The Morgan fingerprint density at radius 2 is 2.00 bits per heavy atom. The summed E-state index contributed by atoms with van der Waals surface area (Å²) in [6, 6.07) is 0.801. The van der Waals surface area contributed by atoms with Gasteiger partial charge in [0.25, 0.3) is 0 Å². The van der Waals surface area contributed by atoms with E-state index >= 15 is 0 Å². The van der Waals surface area contributed by atoms with Crippen molar-refractivity contribution in [2.45, 2.75) is 39.3 Å². The largest absolute Gasteiger partial charge is 0.336 e. The van der Waals surface area contributed by atoms with Gasteiger partial charge >= 0.3 is 0 Å². The topological polar surface area (TPSA) is 32.3 Å². The highest BCUT2D eigenvalue weighted by Gasteiger charge is 2.22. The lowest BCUT2D eigenvalue weighted by Gasteiger charge is -2.35. The van der Waals surface area contributed by atoms with Crippen LogP contribution in [0.2, 0.25) is 0 Å². The van der Waals surface area contributed by atoms with Crippen LogP contribution >= 0.6 is 0 Å². The zero-order chi connectivity index (χ0) is 10.6. The predicted octanol–water partition coefficient (Wildman–Crippen LogP) is 1.16. The Morgan fingerprint density at radius 1 is 1.43 bits per heavy atom. The van der Waals surface area contributed by atoms with E-state index in [1.807, 2.05) is 17.9 Å². The maximum absolute atomic E-state index is 11.7. The smallest absolute Gasteiger partial charge is 0.246 e. The summed E-state index contributed by atoms with van der Waals surface area (Å²) >= 11 is 0. The normalized spacial score (nSPS) is 28.4.